The number of rotatable bonds is 2. The Kier molecular flexibility index (Phi) is 4.05. The van der Waals surface area contributed by atoms with Gasteiger partial charge in [-0.2, -0.15) is 0 Å². The quantitative estimate of drug-likeness (QED) is 0.786. The van der Waals surface area contributed by atoms with Crippen molar-refractivity contribution in [2.45, 2.75) is 18.8 Å². The Balaban J connectivity index is 2.30. The maximum Gasteiger partial charge on any atom is 0.133 e. The average molecular weight is 306 g/mol. The van der Waals surface area contributed by atoms with Gasteiger partial charge in [0.25, 0.3) is 0 Å². The molecule has 1 atom stereocenters. The molecule has 0 amide bonds. The Bertz CT molecular complexity index is 375. The van der Waals surface area contributed by atoms with Crippen LogP contribution in [0.1, 0.15) is 12.5 Å². The summed E-state index contributed by atoms with van der Waals surface area (Å²) in [6, 6.07) is 2.38. The van der Waals surface area contributed by atoms with Gasteiger partial charge in [-0.25, -0.2) is 4.98 Å². The van der Waals surface area contributed by atoms with Gasteiger partial charge in [0.2, 0.25) is 0 Å². The number of hydrogen-bond donors (Lipinski definition) is 0. The molecule has 1 aromatic heterocycles. The molecule has 0 N–H and O–H groups in total. The summed E-state index contributed by atoms with van der Waals surface area (Å²) in [6.45, 7) is 4.52. The molecule has 88 valence electrons. The number of ether oxygens (including phenoxy) is 1. The zero-order valence-electron chi connectivity index (χ0n) is 9.12. The van der Waals surface area contributed by atoms with Crippen LogP contribution in [0.15, 0.2) is 16.7 Å². The van der Waals surface area contributed by atoms with E-state index >= 15 is 0 Å². The van der Waals surface area contributed by atoms with E-state index in [2.05, 4.69) is 32.7 Å². The zero-order valence-corrected chi connectivity index (χ0v) is 11.5. The van der Waals surface area contributed by atoms with Gasteiger partial charge in [0.05, 0.1) is 25.1 Å². The molecular weight excluding hydrogens is 291 g/mol. The highest BCUT2D eigenvalue weighted by Gasteiger charge is 2.22. The smallest absolute Gasteiger partial charge is 0.133 e. The lowest BCUT2D eigenvalue weighted by Gasteiger charge is -2.35. The Morgan fingerprint density at radius 2 is 2.50 bits per heavy atom. The molecule has 1 aromatic rings. The highest BCUT2D eigenvalue weighted by atomic mass is 79.9. The molecule has 5 heteroatoms. The molecule has 2 rings (SSSR count). The van der Waals surface area contributed by atoms with E-state index in [0.717, 1.165) is 35.6 Å². The number of hydrogen-bond acceptors (Lipinski definition) is 3. The molecule has 16 heavy (non-hydrogen) atoms. The SMILES string of the molecule is CC1COCCN1c1ncc(Br)cc1CCl. The Morgan fingerprint density at radius 1 is 1.69 bits per heavy atom. The first-order valence-electron chi connectivity index (χ1n) is 5.27. The minimum absolute atomic E-state index is 0.351. The number of aromatic nitrogens is 1. The van der Waals surface area contributed by atoms with Crippen LogP contribution in [0.25, 0.3) is 0 Å². The molecular formula is C11H14BrClN2O. The fraction of sp³-hybridized carbons (Fsp3) is 0.545. The van der Waals surface area contributed by atoms with Crippen LogP contribution < -0.4 is 4.90 Å². The number of nitrogens with zero attached hydrogens (tertiary/aromatic N) is 2. The Labute approximate surface area is 109 Å². The Morgan fingerprint density at radius 3 is 3.19 bits per heavy atom. The molecule has 0 aliphatic carbocycles. The molecule has 3 nitrogen and oxygen atoms in total. The van der Waals surface area contributed by atoms with Gasteiger partial charge in [0.15, 0.2) is 0 Å². The maximum absolute atomic E-state index is 5.95. The summed E-state index contributed by atoms with van der Waals surface area (Å²) in [4.78, 5) is 6.72. The lowest BCUT2D eigenvalue weighted by Crippen LogP contribution is -2.44. The first-order valence-corrected chi connectivity index (χ1v) is 6.60. The van der Waals surface area contributed by atoms with Crippen LogP contribution in [0.5, 0.6) is 0 Å². The van der Waals surface area contributed by atoms with Crippen LogP contribution in [0.4, 0.5) is 5.82 Å². The third-order valence-electron chi connectivity index (χ3n) is 2.69. The van der Waals surface area contributed by atoms with E-state index in [9.17, 15) is 0 Å². The molecule has 0 saturated carbocycles. The number of halogens is 2. The summed E-state index contributed by atoms with van der Waals surface area (Å²) < 4.78 is 6.38. The summed E-state index contributed by atoms with van der Waals surface area (Å²) in [5.74, 6) is 1.46. The predicted molar refractivity (Wildman–Crippen MR) is 69.1 cm³/mol. The van der Waals surface area contributed by atoms with Crippen molar-refractivity contribution in [2.75, 3.05) is 24.7 Å². The summed E-state index contributed by atoms with van der Waals surface area (Å²) >= 11 is 9.36. The van der Waals surface area contributed by atoms with Gasteiger partial charge in [-0.15, -0.1) is 11.6 Å². The lowest BCUT2D eigenvalue weighted by molar-refractivity contribution is 0.0984. The van der Waals surface area contributed by atoms with Gasteiger partial charge in [-0.1, -0.05) is 0 Å². The van der Waals surface area contributed by atoms with E-state index in [-0.39, 0.29) is 0 Å². The van der Waals surface area contributed by atoms with Crippen LogP contribution in [0.2, 0.25) is 0 Å². The molecule has 0 radical (unpaired) electrons. The summed E-state index contributed by atoms with van der Waals surface area (Å²) in [5, 5.41) is 0. The first-order chi connectivity index (χ1) is 7.72. The van der Waals surface area contributed by atoms with Gasteiger partial charge < -0.3 is 9.64 Å². The van der Waals surface area contributed by atoms with Gasteiger partial charge in [-0.3, -0.25) is 0 Å². The van der Waals surface area contributed by atoms with Crippen molar-refractivity contribution < 1.29 is 4.74 Å². The highest BCUT2D eigenvalue weighted by Crippen LogP contribution is 2.25. The second-order valence-corrected chi connectivity index (χ2v) is 5.07. The topological polar surface area (TPSA) is 25.4 Å². The summed E-state index contributed by atoms with van der Waals surface area (Å²) in [6.07, 6.45) is 1.81. The average Bonchev–Trinajstić information content (AvgIpc) is 2.30. The van der Waals surface area contributed by atoms with Crippen LogP contribution in [0, 0.1) is 0 Å². The van der Waals surface area contributed by atoms with Crippen LogP contribution in [-0.2, 0) is 10.6 Å². The second kappa shape index (κ2) is 5.34. The molecule has 1 unspecified atom stereocenters. The predicted octanol–water partition coefficient (Wildman–Crippen LogP) is 2.81. The molecule has 1 saturated heterocycles. The van der Waals surface area contributed by atoms with E-state index < -0.39 is 0 Å². The molecule has 0 aromatic carbocycles. The summed E-state index contributed by atoms with van der Waals surface area (Å²) in [7, 11) is 0. The standard InChI is InChI=1S/C11H14BrClN2O/c1-8-7-16-3-2-15(8)11-9(5-13)4-10(12)6-14-11/h4,6,8H,2-3,5,7H2,1H3. The highest BCUT2D eigenvalue weighted by molar-refractivity contribution is 9.10. The lowest BCUT2D eigenvalue weighted by atomic mass is 10.2. The number of morpholine rings is 1. The molecule has 2 heterocycles. The number of pyridine rings is 1. The van der Waals surface area contributed by atoms with Crippen molar-refractivity contribution in [3.63, 3.8) is 0 Å². The van der Waals surface area contributed by atoms with Crippen molar-refractivity contribution in [2.24, 2.45) is 0 Å². The van der Waals surface area contributed by atoms with Crippen molar-refractivity contribution in [3.8, 4) is 0 Å². The minimum atomic E-state index is 0.351. The van der Waals surface area contributed by atoms with Crippen molar-refractivity contribution in [3.05, 3.63) is 22.3 Å². The fourth-order valence-electron chi connectivity index (χ4n) is 1.87. The fourth-order valence-corrected chi connectivity index (χ4v) is 2.45. The van der Waals surface area contributed by atoms with Crippen LogP contribution >= 0.6 is 27.5 Å². The van der Waals surface area contributed by atoms with Gasteiger partial charge in [-0.05, 0) is 28.9 Å². The second-order valence-electron chi connectivity index (χ2n) is 3.89. The largest absolute Gasteiger partial charge is 0.377 e. The maximum atomic E-state index is 5.95. The van der Waals surface area contributed by atoms with E-state index in [1.165, 1.54) is 0 Å². The molecule has 1 fully saturated rings. The molecule has 1 aliphatic heterocycles. The van der Waals surface area contributed by atoms with Crippen LogP contribution in [0.3, 0.4) is 0 Å². The first kappa shape index (κ1) is 12.1. The molecule has 0 spiro atoms. The van der Waals surface area contributed by atoms with Crippen molar-refractivity contribution in [1.29, 1.82) is 0 Å². The molecule has 0 bridgehead atoms. The molecule has 1 aliphatic rings. The van der Waals surface area contributed by atoms with E-state index in [0.29, 0.717) is 11.9 Å². The third kappa shape index (κ3) is 2.50. The zero-order chi connectivity index (χ0) is 11.5. The monoisotopic (exact) mass is 304 g/mol. The van der Waals surface area contributed by atoms with Crippen molar-refractivity contribution in [1.82, 2.24) is 4.98 Å². The number of anilines is 1. The van der Waals surface area contributed by atoms with E-state index in [1.807, 2.05) is 12.3 Å². The van der Waals surface area contributed by atoms with E-state index in [1.54, 1.807) is 0 Å². The third-order valence-corrected chi connectivity index (χ3v) is 3.41. The summed E-state index contributed by atoms with van der Waals surface area (Å²) in [5.41, 5.74) is 1.06. The normalized spacial score (nSPS) is 21.2. The number of alkyl halides is 1. The van der Waals surface area contributed by atoms with Crippen LogP contribution in [-0.4, -0.2) is 30.8 Å². The van der Waals surface area contributed by atoms with Crippen molar-refractivity contribution >= 4 is 33.3 Å². The van der Waals surface area contributed by atoms with Gasteiger partial charge in [0.1, 0.15) is 5.82 Å². The van der Waals surface area contributed by atoms with Gasteiger partial charge >= 0.3 is 0 Å². The Hall–Kier alpha value is -0.320. The van der Waals surface area contributed by atoms with Gasteiger partial charge in [0, 0.05) is 22.8 Å². The minimum Gasteiger partial charge on any atom is -0.377 e. The van der Waals surface area contributed by atoms with E-state index in [4.69, 9.17) is 16.3 Å².